The highest BCUT2D eigenvalue weighted by atomic mass is 32.2. The molecular formula is C22H21N3O6S. The number of carbonyl (C=O) groups excluding carboxylic acids is 1. The fraction of sp³-hybridized carbons (Fsp3) is 0.182. The molecule has 0 radical (unpaired) electrons. The van der Waals surface area contributed by atoms with Crippen LogP contribution in [0.2, 0.25) is 0 Å². The average Bonchev–Trinajstić information content (AvgIpc) is 3.32. The largest absolute Gasteiger partial charge is 0.478 e. The van der Waals surface area contributed by atoms with Crippen molar-refractivity contribution in [3.8, 4) is 0 Å². The molecule has 4 rings (SSSR count). The summed E-state index contributed by atoms with van der Waals surface area (Å²) in [6.07, 6.45) is 2.01. The maximum Gasteiger partial charge on any atom is 0.336 e. The van der Waals surface area contributed by atoms with Crippen LogP contribution in [-0.4, -0.2) is 31.4 Å². The summed E-state index contributed by atoms with van der Waals surface area (Å²) in [7, 11) is -3.82. The lowest BCUT2D eigenvalue weighted by molar-refractivity contribution is 0.0695. The first-order valence-electron chi connectivity index (χ1n) is 9.77. The van der Waals surface area contributed by atoms with Crippen LogP contribution in [0.4, 0.5) is 11.4 Å². The first-order chi connectivity index (χ1) is 15.1. The van der Waals surface area contributed by atoms with Gasteiger partial charge < -0.3 is 19.7 Å². The molecule has 1 aliphatic heterocycles. The third kappa shape index (κ3) is 4.10. The number of hydrogen-bond acceptors (Lipinski definition) is 6. The molecule has 1 atom stereocenters. The Labute approximate surface area is 184 Å². The van der Waals surface area contributed by atoms with Crippen LogP contribution in [0.25, 0.3) is 0 Å². The highest BCUT2D eigenvalue weighted by Gasteiger charge is 2.31. The van der Waals surface area contributed by atoms with Crippen LogP contribution >= 0.6 is 0 Å². The molecule has 0 spiro atoms. The zero-order chi connectivity index (χ0) is 23.0. The van der Waals surface area contributed by atoms with E-state index in [4.69, 9.17) is 9.56 Å². The van der Waals surface area contributed by atoms with E-state index in [1.54, 1.807) is 18.2 Å². The van der Waals surface area contributed by atoms with E-state index in [-0.39, 0.29) is 22.3 Å². The molecule has 9 nitrogen and oxygen atoms in total. The van der Waals surface area contributed by atoms with Gasteiger partial charge in [-0.25, -0.2) is 18.4 Å². The number of carbonyl (C=O) groups is 2. The quantitative estimate of drug-likeness (QED) is 0.518. The minimum absolute atomic E-state index is 0.0436. The lowest BCUT2D eigenvalue weighted by atomic mass is 10.0. The molecule has 0 saturated heterocycles. The van der Waals surface area contributed by atoms with Gasteiger partial charge in [0.25, 0.3) is 5.91 Å². The number of carboxylic acids is 1. The summed E-state index contributed by atoms with van der Waals surface area (Å²) in [6, 6.07) is 12.4. The zero-order valence-electron chi connectivity index (χ0n) is 17.1. The van der Waals surface area contributed by atoms with Crippen LogP contribution in [0, 0.1) is 0 Å². The molecular weight excluding hydrogens is 434 g/mol. The standard InChI is InChI=1S/C22H21N3O6S/c1-13-11-18-17(22(27)28)3-2-4-19(18)25(13)12-14-9-10-31-20(14)21(26)24-15-5-7-16(8-6-15)32(23,29)30/h2-10,13H,11-12H2,1H3,(H,24,26)(H,27,28)(H2,23,29,30). The summed E-state index contributed by atoms with van der Waals surface area (Å²) in [5.41, 5.74) is 2.91. The molecule has 0 fully saturated rings. The normalized spacial score (nSPS) is 15.4. The summed E-state index contributed by atoms with van der Waals surface area (Å²) < 4.78 is 28.2. The Morgan fingerprint density at radius 3 is 2.56 bits per heavy atom. The molecule has 1 amide bonds. The molecule has 0 saturated carbocycles. The number of aromatic carboxylic acids is 1. The molecule has 166 valence electrons. The van der Waals surface area contributed by atoms with Crippen molar-refractivity contribution in [2.24, 2.45) is 5.14 Å². The SMILES string of the molecule is CC1Cc2c(C(=O)O)cccc2N1Cc1ccoc1C(=O)Nc1ccc(S(N)(=O)=O)cc1. The van der Waals surface area contributed by atoms with Crippen LogP contribution in [0.5, 0.6) is 0 Å². The zero-order valence-corrected chi connectivity index (χ0v) is 17.9. The molecule has 1 aromatic heterocycles. The topological polar surface area (TPSA) is 143 Å². The minimum Gasteiger partial charge on any atom is -0.478 e. The van der Waals surface area contributed by atoms with Gasteiger partial charge in [0.15, 0.2) is 5.76 Å². The number of hydrogen-bond donors (Lipinski definition) is 3. The number of benzene rings is 2. The maximum absolute atomic E-state index is 12.8. The van der Waals surface area contributed by atoms with Gasteiger partial charge in [0.2, 0.25) is 10.0 Å². The number of carboxylic acid groups (broad SMARTS) is 1. The van der Waals surface area contributed by atoms with Gasteiger partial charge >= 0.3 is 5.97 Å². The third-order valence-corrected chi connectivity index (χ3v) is 6.39. The van der Waals surface area contributed by atoms with Gasteiger partial charge in [-0.3, -0.25) is 4.79 Å². The second kappa shape index (κ2) is 8.13. The molecule has 3 aromatic rings. The van der Waals surface area contributed by atoms with Crippen molar-refractivity contribution in [1.29, 1.82) is 0 Å². The fourth-order valence-corrected chi connectivity index (χ4v) is 4.42. The predicted molar refractivity (Wildman–Crippen MR) is 117 cm³/mol. The number of furan rings is 1. The lowest BCUT2D eigenvalue weighted by Gasteiger charge is -2.24. The van der Waals surface area contributed by atoms with Gasteiger partial charge in [-0.15, -0.1) is 0 Å². The van der Waals surface area contributed by atoms with Gasteiger partial charge in [0.1, 0.15) is 0 Å². The number of nitrogens with zero attached hydrogens (tertiary/aromatic N) is 1. The second-order valence-electron chi connectivity index (χ2n) is 7.59. The number of primary sulfonamides is 1. The Morgan fingerprint density at radius 2 is 1.91 bits per heavy atom. The fourth-order valence-electron chi connectivity index (χ4n) is 3.90. The summed E-state index contributed by atoms with van der Waals surface area (Å²) in [4.78, 5) is 26.3. The summed E-state index contributed by atoms with van der Waals surface area (Å²) >= 11 is 0. The average molecular weight is 455 g/mol. The van der Waals surface area contributed by atoms with Gasteiger partial charge in [0, 0.05) is 29.5 Å². The van der Waals surface area contributed by atoms with Crippen LogP contribution in [-0.2, 0) is 23.0 Å². The van der Waals surface area contributed by atoms with Crippen molar-refractivity contribution >= 4 is 33.3 Å². The number of nitrogens with two attached hydrogens (primary N) is 1. The summed E-state index contributed by atoms with van der Waals surface area (Å²) in [5, 5.41) is 17.2. The molecule has 0 aliphatic carbocycles. The molecule has 2 aromatic carbocycles. The van der Waals surface area contributed by atoms with E-state index in [1.165, 1.54) is 30.5 Å². The van der Waals surface area contributed by atoms with E-state index in [1.807, 2.05) is 17.9 Å². The monoisotopic (exact) mass is 455 g/mol. The highest BCUT2D eigenvalue weighted by Crippen LogP contribution is 2.36. The maximum atomic E-state index is 12.8. The van der Waals surface area contributed by atoms with E-state index in [0.29, 0.717) is 24.2 Å². The van der Waals surface area contributed by atoms with Gasteiger partial charge in [-0.2, -0.15) is 0 Å². The molecule has 4 N–H and O–H groups in total. The number of anilines is 2. The number of rotatable bonds is 6. The lowest BCUT2D eigenvalue weighted by Crippen LogP contribution is -2.29. The minimum atomic E-state index is -3.82. The first kappa shape index (κ1) is 21.6. The van der Waals surface area contributed by atoms with Crippen molar-refractivity contribution in [2.45, 2.75) is 30.8 Å². The van der Waals surface area contributed by atoms with Gasteiger partial charge in [-0.1, -0.05) is 6.07 Å². The number of nitrogens with one attached hydrogen (secondary N) is 1. The number of sulfonamides is 1. The van der Waals surface area contributed by atoms with Crippen LogP contribution in [0.3, 0.4) is 0 Å². The van der Waals surface area contributed by atoms with Crippen molar-refractivity contribution < 1.29 is 27.5 Å². The van der Waals surface area contributed by atoms with Crippen molar-refractivity contribution in [3.05, 3.63) is 77.2 Å². The molecule has 32 heavy (non-hydrogen) atoms. The van der Waals surface area contributed by atoms with E-state index in [0.717, 1.165) is 11.3 Å². The molecule has 10 heteroatoms. The van der Waals surface area contributed by atoms with Gasteiger partial charge in [-0.05, 0) is 61.4 Å². The van der Waals surface area contributed by atoms with Crippen molar-refractivity contribution in [3.63, 3.8) is 0 Å². The summed E-state index contributed by atoms with van der Waals surface area (Å²) in [5.74, 6) is -1.33. The molecule has 1 unspecified atom stereocenters. The third-order valence-electron chi connectivity index (χ3n) is 5.46. The van der Waals surface area contributed by atoms with Crippen LogP contribution < -0.4 is 15.4 Å². The van der Waals surface area contributed by atoms with Crippen LogP contribution in [0.15, 0.2) is 64.1 Å². The van der Waals surface area contributed by atoms with Crippen molar-refractivity contribution in [2.75, 3.05) is 10.2 Å². The van der Waals surface area contributed by atoms with Crippen molar-refractivity contribution in [1.82, 2.24) is 0 Å². The predicted octanol–water partition coefficient (Wildman–Crippen LogP) is 2.83. The Hall–Kier alpha value is -3.63. The molecule has 1 aliphatic rings. The molecule has 0 bridgehead atoms. The van der Waals surface area contributed by atoms with E-state index < -0.39 is 21.9 Å². The Morgan fingerprint density at radius 1 is 1.19 bits per heavy atom. The second-order valence-corrected chi connectivity index (χ2v) is 9.15. The highest BCUT2D eigenvalue weighted by molar-refractivity contribution is 7.89. The van der Waals surface area contributed by atoms with E-state index in [9.17, 15) is 23.1 Å². The number of fused-ring (bicyclic) bond motifs is 1. The number of amides is 1. The molecule has 2 heterocycles. The van der Waals surface area contributed by atoms with Gasteiger partial charge in [0.05, 0.1) is 16.7 Å². The smallest absolute Gasteiger partial charge is 0.336 e. The van der Waals surface area contributed by atoms with E-state index in [2.05, 4.69) is 5.32 Å². The Balaban J connectivity index is 1.54. The van der Waals surface area contributed by atoms with E-state index >= 15 is 0 Å². The Kier molecular flexibility index (Phi) is 5.49. The summed E-state index contributed by atoms with van der Waals surface area (Å²) in [6.45, 7) is 2.36. The Bertz CT molecular complexity index is 1300. The van der Waals surface area contributed by atoms with Crippen LogP contribution in [0.1, 0.15) is 39.0 Å². The first-order valence-corrected chi connectivity index (χ1v) is 11.3.